The fourth-order valence-corrected chi connectivity index (χ4v) is 3.93. The number of hydrogen-bond acceptors (Lipinski definition) is 2. The molecule has 0 bridgehead atoms. The summed E-state index contributed by atoms with van der Waals surface area (Å²) in [7, 11) is 0. The van der Waals surface area contributed by atoms with E-state index in [1.54, 1.807) is 4.90 Å². The van der Waals surface area contributed by atoms with Gasteiger partial charge in [-0.05, 0) is 42.5 Å². The van der Waals surface area contributed by atoms with Crippen molar-refractivity contribution in [1.82, 2.24) is 5.32 Å². The smallest absolute Gasteiger partial charge is 0.227 e. The fourth-order valence-electron chi connectivity index (χ4n) is 3.93. The molecule has 0 unspecified atom stereocenters. The summed E-state index contributed by atoms with van der Waals surface area (Å²) in [5.41, 5.74) is 3.42. The maximum absolute atomic E-state index is 12.8. The molecule has 0 aromatic heterocycles. The normalized spacial score (nSPS) is 22.6. The summed E-state index contributed by atoms with van der Waals surface area (Å²) in [6.45, 7) is 0.461. The van der Waals surface area contributed by atoms with E-state index in [-0.39, 0.29) is 30.2 Å². The summed E-state index contributed by atoms with van der Waals surface area (Å²) in [4.78, 5) is 26.8. The molecule has 128 valence electrons. The Hall–Kier alpha value is -2.62. The molecule has 0 saturated carbocycles. The number of benzene rings is 2. The zero-order valence-electron chi connectivity index (χ0n) is 14.2. The molecule has 2 aromatic rings. The molecule has 0 spiro atoms. The molecule has 4 nitrogen and oxygen atoms in total. The van der Waals surface area contributed by atoms with Crippen LogP contribution in [0.3, 0.4) is 0 Å². The fraction of sp³-hybridized carbons (Fsp3) is 0.333. The number of nitrogens with zero attached hydrogens (tertiary/aromatic N) is 1. The lowest BCUT2D eigenvalue weighted by atomic mass is 9.87. The van der Waals surface area contributed by atoms with Crippen molar-refractivity contribution in [3.05, 3.63) is 65.7 Å². The quantitative estimate of drug-likeness (QED) is 0.937. The molecule has 1 saturated heterocycles. The van der Waals surface area contributed by atoms with Gasteiger partial charge in [0.25, 0.3) is 0 Å². The number of fused-ring (bicyclic) bond motifs is 1. The summed E-state index contributed by atoms with van der Waals surface area (Å²) in [6, 6.07) is 18.0. The standard InChI is InChI=1S/C21H22N2O2/c24-20-13-16(14-23(20)17-9-2-1-3-10-17)21(25)22-19-12-6-8-15-7-4-5-11-18(15)19/h1-5,7,9-11,16,19H,6,8,12-14H2,(H,22,25)/t16-,19-/m1/s1. The van der Waals surface area contributed by atoms with E-state index in [4.69, 9.17) is 0 Å². The van der Waals surface area contributed by atoms with Crippen molar-refractivity contribution >= 4 is 17.5 Å². The van der Waals surface area contributed by atoms with Gasteiger partial charge in [0.05, 0.1) is 12.0 Å². The lowest BCUT2D eigenvalue weighted by Gasteiger charge is -2.27. The number of hydrogen-bond donors (Lipinski definition) is 1. The van der Waals surface area contributed by atoms with E-state index < -0.39 is 0 Å². The molecular formula is C21H22N2O2. The van der Waals surface area contributed by atoms with E-state index in [1.165, 1.54) is 11.1 Å². The van der Waals surface area contributed by atoms with Crippen molar-refractivity contribution in [1.29, 1.82) is 0 Å². The van der Waals surface area contributed by atoms with Gasteiger partial charge in [-0.2, -0.15) is 0 Å². The number of carbonyl (C=O) groups excluding carboxylic acids is 2. The van der Waals surface area contributed by atoms with Gasteiger partial charge in [-0.15, -0.1) is 0 Å². The molecule has 4 rings (SSSR count). The van der Waals surface area contributed by atoms with Gasteiger partial charge < -0.3 is 10.2 Å². The second kappa shape index (κ2) is 6.71. The number of anilines is 1. The number of aryl methyl sites for hydroxylation is 1. The number of carbonyl (C=O) groups is 2. The number of rotatable bonds is 3. The van der Waals surface area contributed by atoms with Crippen LogP contribution >= 0.6 is 0 Å². The zero-order chi connectivity index (χ0) is 17.2. The third-order valence-electron chi connectivity index (χ3n) is 5.25. The number of nitrogens with one attached hydrogen (secondary N) is 1. The lowest BCUT2D eigenvalue weighted by molar-refractivity contribution is -0.127. The van der Waals surface area contributed by atoms with Crippen LogP contribution < -0.4 is 10.2 Å². The Bertz CT molecular complexity index is 787. The molecule has 1 fully saturated rings. The lowest BCUT2D eigenvalue weighted by Crippen LogP contribution is -2.36. The van der Waals surface area contributed by atoms with Crippen molar-refractivity contribution in [2.45, 2.75) is 31.7 Å². The molecule has 0 radical (unpaired) electrons. The predicted molar refractivity (Wildman–Crippen MR) is 97.2 cm³/mol. The van der Waals surface area contributed by atoms with Crippen molar-refractivity contribution in [2.75, 3.05) is 11.4 Å². The Labute approximate surface area is 147 Å². The largest absolute Gasteiger partial charge is 0.349 e. The first-order valence-corrected chi connectivity index (χ1v) is 8.96. The second-order valence-corrected chi connectivity index (χ2v) is 6.89. The maximum Gasteiger partial charge on any atom is 0.227 e. The average molecular weight is 334 g/mol. The minimum atomic E-state index is -0.276. The Balaban J connectivity index is 1.45. The van der Waals surface area contributed by atoms with E-state index in [0.717, 1.165) is 24.9 Å². The SMILES string of the molecule is O=C(N[C@@H]1CCCc2ccccc21)[C@@H]1CC(=O)N(c2ccccc2)C1. The summed E-state index contributed by atoms with van der Waals surface area (Å²) in [5, 5.41) is 3.19. The van der Waals surface area contributed by atoms with Crippen LogP contribution in [0.15, 0.2) is 54.6 Å². The van der Waals surface area contributed by atoms with Crippen molar-refractivity contribution < 1.29 is 9.59 Å². The molecule has 2 aromatic carbocycles. The molecular weight excluding hydrogens is 312 g/mol. The van der Waals surface area contributed by atoms with Crippen molar-refractivity contribution in [2.24, 2.45) is 5.92 Å². The van der Waals surface area contributed by atoms with Crippen LogP contribution in [0.25, 0.3) is 0 Å². The highest BCUT2D eigenvalue weighted by Gasteiger charge is 2.36. The molecule has 2 amide bonds. The summed E-state index contributed by atoms with van der Waals surface area (Å²) >= 11 is 0. The van der Waals surface area contributed by atoms with Crippen LogP contribution in [0.4, 0.5) is 5.69 Å². The van der Waals surface area contributed by atoms with Gasteiger partial charge >= 0.3 is 0 Å². The van der Waals surface area contributed by atoms with Gasteiger partial charge in [-0.25, -0.2) is 0 Å². The zero-order valence-corrected chi connectivity index (χ0v) is 14.2. The van der Waals surface area contributed by atoms with Crippen LogP contribution in [0, 0.1) is 5.92 Å². The Morgan fingerprint density at radius 1 is 1.04 bits per heavy atom. The molecule has 25 heavy (non-hydrogen) atoms. The van der Waals surface area contributed by atoms with E-state index in [1.807, 2.05) is 36.4 Å². The molecule has 2 aliphatic rings. The molecule has 1 aliphatic heterocycles. The third-order valence-corrected chi connectivity index (χ3v) is 5.25. The average Bonchev–Trinajstić information content (AvgIpc) is 3.05. The van der Waals surface area contributed by atoms with Gasteiger partial charge in [0, 0.05) is 18.7 Å². The first-order chi connectivity index (χ1) is 12.2. The summed E-state index contributed by atoms with van der Waals surface area (Å²) in [6.07, 6.45) is 3.41. The van der Waals surface area contributed by atoms with Gasteiger partial charge in [0.2, 0.25) is 11.8 Å². The van der Waals surface area contributed by atoms with Gasteiger partial charge in [0.1, 0.15) is 0 Å². The van der Waals surface area contributed by atoms with Crippen molar-refractivity contribution in [3.8, 4) is 0 Å². The number of para-hydroxylation sites is 1. The van der Waals surface area contributed by atoms with E-state index in [0.29, 0.717) is 6.54 Å². The van der Waals surface area contributed by atoms with E-state index >= 15 is 0 Å². The highest BCUT2D eigenvalue weighted by atomic mass is 16.2. The Morgan fingerprint density at radius 2 is 1.80 bits per heavy atom. The van der Waals surface area contributed by atoms with Gasteiger partial charge in [-0.1, -0.05) is 42.5 Å². The Morgan fingerprint density at radius 3 is 2.64 bits per heavy atom. The molecule has 1 aliphatic carbocycles. The van der Waals surface area contributed by atoms with E-state index in [9.17, 15) is 9.59 Å². The van der Waals surface area contributed by atoms with Crippen molar-refractivity contribution in [3.63, 3.8) is 0 Å². The second-order valence-electron chi connectivity index (χ2n) is 6.89. The van der Waals surface area contributed by atoms with Gasteiger partial charge in [-0.3, -0.25) is 9.59 Å². The first-order valence-electron chi connectivity index (χ1n) is 8.96. The van der Waals surface area contributed by atoms with E-state index in [2.05, 4.69) is 23.5 Å². The van der Waals surface area contributed by atoms with Crippen LogP contribution in [0.1, 0.15) is 36.4 Å². The topological polar surface area (TPSA) is 49.4 Å². The Kier molecular flexibility index (Phi) is 4.26. The number of amides is 2. The maximum atomic E-state index is 12.8. The molecule has 2 atom stereocenters. The monoisotopic (exact) mass is 334 g/mol. The minimum absolute atomic E-state index is 0.00603. The summed E-state index contributed by atoms with van der Waals surface area (Å²) < 4.78 is 0. The van der Waals surface area contributed by atoms with Crippen LogP contribution in [-0.4, -0.2) is 18.4 Å². The van der Waals surface area contributed by atoms with Crippen LogP contribution in [0.5, 0.6) is 0 Å². The molecule has 1 N–H and O–H groups in total. The van der Waals surface area contributed by atoms with Crippen LogP contribution in [0.2, 0.25) is 0 Å². The highest BCUT2D eigenvalue weighted by Crippen LogP contribution is 2.31. The van der Waals surface area contributed by atoms with Crippen LogP contribution in [-0.2, 0) is 16.0 Å². The molecule has 1 heterocycles. The summed E-state index contributed by atoms with van der Waals surface area (Å²) in [5.74, 6) is -0.259. The first kappa shape index (κ1) is 15.9. The van der Waals surface area contributed by atoms with Gasteiger partial charge in [0.15, 0.2) is 0 Å². The minimum Gasteiger partial charge on any atom is -0.349 e. The predicted octanol–water partition coefficient (Wildman–Crippen LogP) is 3.23. The molecule has 4 heteroatoms. The highest BCUT2D eigenvalue weighted by molar-refractivity contribution is 6.00. The third kappa shape index (κ3) is 3.16.